The Morgan fingerprint density at radius 3 is 2.77 bits per heavy atom. The molecule has 1 saturated heterocycles. The molecule has 0 spiro atoms. The highest BCUT2D eigenvalue weighted by Gasteiger charge is 2.39. The topological polar surface area (TPSA) is 88.8 Å². The fraction of sp³-hybridized carbons (Fsp3) is 0.227. The van der Waals surface area contributed by atoms with E-state index in [0.29, 0.717) is 29.5 Å². The molecule has 1 aliphatic heterocycles. The second-order valence-electron chi connectivity index (χ2n) is 6.97. The van der Waals surface area contributed by atoms with E-state index in [1.165, 1.54) is 21.1 Å². The van der Waals surface area contributed by atoms with Gasteiger partial charge in [-0.2, -0.15) is 0 Å². The molecule has 0 aliphatic carbocycles. The number of hydrogen-bond donors (Lipinski definition) is 1. The van der Waals surface area contributed by atoms with Crippen LogP contribution >= 0.6 is 11.3 Å². The van der Waals surface area contributed by atoms with Gasteiger partial charge in [0.05, 0.1) is 5.69 Å². The van der Waals surface area contributed by atoms with Gasteiger partial charge in [-0.05, 0) is 36.6 Å². The van der Waals surface area contributed by atoms with E-state index in [9.17, 15) is 9.59 Å². The number of carbonyl (C=O) groups excluding carboxylic acids is 2. The molecule has 2 amide bonds. The van der Waals surface area contributed by atoms with Crippen molar-refractivity contribution in [3.05, 3.63) is 71.7 Å². The highest BCUT2D eigenvalue weighted by atomic mass is 32.1. The number of nitrogens with zero attached hydrogens (tertiary/aromatic N) is 3. The molecule has 1 unspecified atom stereocenters. The highest BCUT2D eigenvalue weighted by molar-refractivity contribution is 7.13. The number of carbonyl (C=O) groups is 2. The zero-order chi connectivity index (χ0) is 20.9. The third-order valence-electron chi connectivity index (χ3n) is 4.94. The third-order valence-corrected chi connectivity index (χ3v) is 5.69. The van der Waals surface area contributed by atoms with Gasteiger partial charge in [-0.1, -0.05) is 36.4 Å². The number of nitrogens with two attached hydrogens (primary N) is 1. The van der Waals surface area contributed by atoms with Crippen molar-refractivity contribution in [1.29, 1.82) is 0 Å². The lowest BCUT2D eigenvalue weighted by molar-refractivity contribution is -0.121. The van der Waals surface area contributed by atoms with Gasteiger partial charge in [0, 0.05) is 23.8 Å². The first-order chi connectivity index (χ1) is 14.6. The Bertz CT molecular complexity index is 1010. The smallest absolute Gasteiger partial charge is 0.410 e. The molecule has 30 heavy (non-hydrogen) atoms. The van der Waals surface area contributed by atoms with Gasteiger partial charge in [0.15, 0.2) is 5.13 Å². The average Bonchev–Trinajstić information content (AvgIpc) is 3.45. The standard InChI is InChI=1S/C22H22N4O3S/c23-17-8-4-9-18(14-17)26(21-24-11-13-30-21)20(27)19-10-5-12-25(19)22(28)29-15-16-6-2-1-3-7-16/h1-4,6-9,11,13-14,19H,5,10,12,15,23H2. The van der Waals surface area contributed by atoms with Crippen LogP contribution in [0.4, 0.5) is 21.3 Å². The first kappa shape index (κ1) is 19.9. The van der Waals surface area contributed by atoms with E-state index in [4.69, 9.17) is 10.5 Å². The van der Waals surface area contributed by atoms with Crippen LogP contribution in [0.25, 0.3) is 0 Å². The number of rotatable bonds is 5. The van der Waals surface area contributed by atoms with Crippen LogP contribution < -0.4 is 10.6 Å². The van der Waals surface area contributed by atoms with Gasteiger partial charge in [-0.25, -0.2) is 9.78 Å². The monoisotopic (exact) mass is 422 g/mol. The van der Waals surface area contributed by atoms with E-state index in [1.54, 1.807) is 24.4 Å². The summed E-state index contributed by atoms with van der Waals surface area (Å²) in [6, 6.07) is 16.0. The minimum atomic E-state index is -0.612. The molecule has 7 nitrogen and oxygen atoms in total. The van der Waals surface area contributed by atoms with Crippen LogP contribution in [0.3, 0.4) is 0 Å². The molecule has 3 aromatic rings. The van der Waals surface area contributed by atoms with E-state index in [-0.39, 0.29) is 12.5 Å². The minimum Gasteiger partial charge on any atom is -0.445 e. The molecule has 1 fully saturated rings. The Labute approximate surface area is 178 Å². The average molecular weight is 423 g/mol. The lowest BCUT2D eigenvalue weighted by atomic mass is 10.1. The Balaban J connectivity index is 1.54. The van der Waals surface area contributed by atoms with Crippen molar-refractivity contribution < 1.29 is 14.3 Å². The predicted molar refractivity (Wildman–Crippen MR) is 116 cm³/mol. The van der Waals surface area contributed by atoms with Crippen LogP contribution in [0.2, 0.25) is 0 Å². The fourth-order valence-electron chi connectivity index (χ4n) is 3.52. The highest BCUT2D eigenvalue weighted by Crippen LogP contribution is 2.32. The molecule has 0 radical (unpaired) electrons. The molecule has 8 heteroatoms. The van der Waals surface area contributed by atoms with E-state index < -0.39 is 12.1 Å². The van der Waals surface area contributed by atoms with Crippen LogP contribution in [0.5, 0.6) is 0 Å². The zero-order valence-corrected chi connectivity index (χ0v) is 17.1. The molecule has 0 bridgehead atoms. The van der Waals surface area contributed by atoms with Crippen LogP contribution in [-0.4, -0.2) is 34.5 Å². The second-order valence-corrected chi connectivity index (χ2v) is 7.85. The van der Waals surface area contributed by atoms with Crippen molar-refractivity contribution in [1.82, 2.24) is 9.88 Å². The van der Waals surface area contributed by atoms with E-state index >= 15 is 0 Å². The van der Waals surface area contributed by atoms with Gasteiger partial charge in [0.25, 0.3) is 5.91 Å². The summed E-state index contributed by atoms with van der Waals surface area (Å²) >= 11 is 1.35. The maximum absolute atomic E-state index is 13.5. The molecule has 2 aromatic carbocycles. The zero-order valence-electron chi connectivity index (χ0n) is 16.3. The summed E-state index contributed by atoms with van der Waals surface area (Å²) in [6.45, 7) is 0.648. The molecule has 1 aliphatic rings. The number of nitrogen functional groups attached to an aromatic ring is 1. The molecule has 2 N–H and O–H groups in total. The Morgan fingerprint density at radius 1 is 1.20 bits per heavy atom. The first-order valence-electron chi connectivity index (χ1n) is 9.70. The Morgan fingerprint density at radius 2 is 2.03 bits per heavy atom. The normalized spacial score (nSPS) is 15.7. The number of ether oxygens (including phenoxy) is 1. The summed E-state index contributed by atoms with van der Waals surface area (Å²) in [5.74, 6) is -0.218. The summed E-state index contributed by atoms with van der Waals surface area (Å²) < 4.78 is 5.47. The van der Waals surface area contributed by atoms with E-state index in [2.05, 4.69) is 4.98 Å². The van der Waals surface area contributed by atoms with Crippen molar-refractivity contribution in [2.24, 2.45) is 0 Å². The number of hydrogen-bond acceptors (Lipinski definition) is 6. The quantitative estimate of drug-likeness (QED) is 0.623. The molecule has 1 aromatic heterocycles. The van der Waals surface area contributed by atoms with Crippen molar-refractivity contribution in [3.63, 3.8) is 0 Å². The lowest BCUT2D eigenvalue weighted by Gasteiger charge is -2.28. The summed E-state index contributed by atoms with van der Waals surface area (Å²) in [6.07, 6.45) is 2.47. The van der Waals surface area contributed by atoms with Gasteiger partial charge >= 0.3 is 6.09 Å². The molecule has 0 saturated carbocycles. The number of thiazole rings is 1. The maximum atomic E-state index is 13.5. The predicted octanol–water partition coefficient (Wildman–Crippen LogP) is 4.19. The van der Waals surface area contributed by atoms with Crippen molar-refractivity contribution >= 4 is 39.8 Å². The molecule has 154 valence electrons. The summed E-state index contributed by atoms with van der Waals surface area (Å²) in [4.78, 5) is 33.6. The van der Waals surface area contributed by atoms with E-state index in [0.717, 1.165) is 12.0 Å². The summed E-state index contributed by atoms with van der Waals surface area (Å²) in [7, 11) is 0. The van der Waals surface area contributed by atoms with Crippen LogP contribution in [0, 0.1) is 0 Å². The Hall–Kier alpha value is -3.39. The van der Waals surface area contributed by atoms with Crippen molar-refractivity contribution in [2.75, 3.05) is 17.2 Å². The van der Waals surface area contributed by atoms with Gasteiger partial charge in [0.2, 0.25) is 0 Å². The van der Waals surface area contributed by atoms with Crippen LogP contribution in [0.1, 0.15) is 18.4 Å². The number of likely N-dealkylation sites (tertiary alicyclic amines) is 1. The van der Waals surface area contributed by atoms with Crippen molar-refractivity contribution in [3.8, 4) is 0 Å². The van der Waals surface area contributed by atoms with Crippen LogP contribution in [-0.2, 0) is 16.1 Å². The van der Waals surface area contributed by atoms with Gasteiger partial charge in [0.1, 0.15) is 12.6 Å². The number of amides is 2. The Kier molecular flexibility index (Phi) is 5.94. The maximum Gasteiger partial charge on any atom is 0.410 e. The lowest BCUT2D eigenvalue weighted by Crippen LogP contribution is -2.46. The first-order valence-corrected chi connectivity index (χ1v) is 10.6. The van der Waals surface area contributed by atoms with E-state index in [1.807, 2.05) is 41.8 Å². The van der Waals surface area contributed by atoms with Gasteiger partial charge < -0.3 is 10.5 Å². The third kappa shape index (κ3) is 4.28. The van der Waals surface area contributed by atoms with Crippen LogP contribution in [0.15, 0.2) is 66.2 Å². The minimum absolute atomic E-state index is 0.169. The summed E-state index contributed by atoms with van der Waals surface area (Å²) in [5.41, 5.74) is 8.01. The largest absolute Gasteiger partial charge is 0.445 e. The number of benzene rings is 2. The number of anilines is 3. The van der Waals surface area contributed by atoms with Gasteiger partial charge in [-0.3, -0.25) is 14.6 Å². The summed E-state index contributed by atoms with van der Waals surface area (Å²) in [5, 5.41) is 2.35. The molecule has 2 heterocycles. The molecular formula is C22H22N4O3S. The molecular weight excluding hydrogens is 400 g/mol. The molecule has 1 atom stereocenters. The second kappa shape index (κ2) is 8.96. The number of aromatic nitrogens is 1. The fourth-order valence-corrected chi connectivity index (χ4v) is 4.18. The SMILES string of the molecule is Nc1cccc(N(C(=O)C2CCCN2C(=O)OCc2ccccc2)c2nccs2)c1. The molecule has 4 rings (SSSR count). The van der Waals surface area contributed by atoms with Gasteiger partial charge in [-0.15, -0.1) is 11.3 Å². The van der Waals surface area contributed by atoms with Crippen molar-refractivity contribution in [2.45, 2.75) is 25.5 Å².